The maximum atomic E-state index is 14.8. The first-order valence-electron chi connectivity index (χ1n) is 7.91. The van der Waals surface area contributed by atoms with Gasteiger partial charge in [-0.1, -0.05) is 13.8 Å². The smallest absolute Gasteiger partial charge is 0.170 e. The molecule has 3 nitrogen and oxygen atoms in total. The van der Waals surface area contributed by atoms with Gasteiger partial charge >= 0.3 is 0 Å². The number of aromatic nitrogens is 3. The van der Waals surface area contributed by atoms with Crippen LogP contribution in [0.5, 0.6) is 0 Å². The molecule has 0 saturated carbocycles. The zero-order chi connectivity index (χ0) is 18.1. The van der Waals surface area contributed by atoms with Gasteiger partial charge in [0.2, 0.25) is 0 Å². The van der Waals surface area contributed by atoms with Crippen molar-refractivity contribution in [2.45, 2.75) is 27.7 Å². The molecule has 7 heteroatoms. The quantitative estimate of drug-likeness (QED) is 0.443. The number of benzene rings is 1. The van der Waals surface area contributed by atoms with Gasteiger partial charge in [-0.3, -0.25) is 0 Å². The lowest BCUT2D eigenvalue weighted by molar-refractivity contribution is 0.516. The number of hydrogen-bond acceptors (Lipinski definition) is 4. The Labute approximate surface area is 152 Å². The van der Waals surface area contributed by atoms with Crippen LogP contribution >= 0.6 is 22.7 Å². The van der Waals surface area contributed by atoms with Crippen molar-refractivity contribution >= 4 is 33.7 Å². The molecule has 0 bridgehead atoms. The molecule has 0 unspecified atom stereocenters. The minimum atomic E-state index is -0.880. The fourth-order valence-electron chi connectivity index (χ4n) is 2.59. The molecule has 4 rings (SSSR count). The van der Waals surface area contributed by atoms with Crippen LogP contribution in [0.3, 0.4) is 0 Å². The van der Waals surface area contributed by atoms with Gasteiger partial charge in [-0.25, -0.2) is 8.78 Å². The van der Waals surface area contributed by atoms with E-state index in [-0.39, 0.29) is 11.1 Å². The zero-order valence-electron chi connectivity index (χ0n) is 14.3. The Morgan fingerprint density at radius 1 is 0.760 bits per heavy atom. The molecule has 3 heterocycles. The number of halogens is 2. The van der Waals surface area contributed by atoms with E-state index in [0.717, 1.165) is 9.75 Å². The number of hydrogen-bond donors (Lipinski definition) is 1. The summed E-state index contributed by atoms with van der Waals surface area (Å²) in [5.41, 5.74) is 1.04. The molecule has 3 aromatic heterocycles. The number of rotatable bonds is 2. The van der Waals surface area contributed by atoms with E-state index < -0.39 is 11.6 Å². The van der Waals surface area contributed by atoms with Crippen molar-refractivity contribution in [3.8, 4) is 20.9 Å². The summed E-state index contributed by atoms with van der Waals surface area (Å²) < 4.78 is 29.6. The van der Waals surface area contributed by atoms with Gasteiger partial charge < -0.3 is 0 Å². The van der Waals surface area contributed by atoms with Crippen molar-refractivity contribution in [2.75, 3.05) is 0 Å². The van der Waals surface area contributed by atoms with E-state index in [1.807, 2.05) is 39.8 Å². The maximum Gasteiger partial charge on any atom is 0.170 e. The largest absolute Gasteiger partial charge is 0.203 e. The molecule has 0 aliphatic rings. The number of fused-ring (bicyclic) bond motifs is 1. The van der Waals surface area contributed by atoms with Crippen molar-refractivity contribution in [3.63, 3.8) is 0 Å². The van der Waals surface area contributed by atoms with E-state index >= 15 is 0 Å². The van der Waals surface area contributed by atoms with E-state index in [0.29, 0.717) is 20.8 Å². The Balaban J connectivity index is 0.000000880. The Hall–Kier alpha value is -2.12. The summed E-state index contributed by atoms with van der Waals surface area (Å²) in [7, 11) is 0. The molecule has 0 amide bonds. The number of nitrogens with zero attached hydrogens (tertiary/aromatic N) is 2. The Morgan fingerprint density at radius 3 is 1.48 bits per heavy atom. The number of nitrogens with one attached hydrogen (secondary N) is 1. The van der Waals surface area contributed by atoms with Gasteiger partial charge in [0.15, 0.2) is 11.6 Å². The molecule has 0 atom stereocenters. The fraction of sp³-hybridized carbons (Fsp3) is 0.222. The number of thiophene rings is 2. The van der Waals surface area contributed by atoms with Gasteiger partial charge in [0.25, 0.3) is 0 Å². The molecule has 1 N–H and O–H groups in total. The van der Waals surface area contributed by atoms with Gasteiger partial charge in [0.05, 0.1) is 11.1 Å². The van der Waals surface area contributed by atoms with Gasteiger partial charge in [-0.2, -0.15) is 15.4 Å². The number of aromatic amines is 1. The first-order chi connectivity index (χ1) is 12.1. The summed E-state index contributed by atoms with van der Waals surface area (Å²) in [5, 5.41) is 10.6. The second kappa shape index (κ2) is 7.01. The zero-order valence-corrected chi connectivity index (χ0v) is 15.9. The molecular weight excluding hydrogens is 360 g/mol. The molecular formula is C18H17F2N3S2. The van der Waals surface area contributed by atoms with Gasteiger partial charge in [-0.15, -0.1) is 22.7 Å². The average Bonchev–Trinajstić information content (AvgIpc) is 3.33. The highest BCUT2D eigenvalue weighted by molar-refractivity contribution is 7.16. The van der Waals surface area contributed by atoms with Gasteiger partial charge in [-0.05, 0) is 38.1 Å². The molecule has 0 fully saturated rings. The first kappa shape index (κ1) is 17.7. The second-order valence-electron chi connectivity index (χ2n) is 5.22. The maximum absolute atomic E-state index is 14.8. The van der Waals surface area contributed by atoms with Crippen molar-refractivity contribution in [2.24, 2.45) is 0 Å². The minimum Gasteiger partial charge on any atom is -0.203 e. The third-order valence-electron chi connectivity index (χ3n) is 3.63. The lowest BCUT2D eigenvalue weighted by Gasteiger charge is -2.07. The van der Waals surface area contributed by atoms with Crippen molar-refractivity contribution in [3.05, 3.63) is 45.7 Å². The first-order valence-corrected chi connectivity index (χ1v) is 9.54. The lowest BCUT2D eigenvalue weighted by Crippen LogP contribution is -1.95. The minimum absolute atomic E-state index is 0.168. The molecule has 0 saturated heterocycles. The monoisotopic (exact) mass is 377 g/mol. The summed E-state index contributed by atoms with van der Waals surface area (Å²) in [6, 6.07) is 7.31. The Bertz CT molecular complexity index is 950. The molecule has 0 spiro atoms. The van der Waals surface area contributed by atoms with Crippen LogP contribution in [-0.4, -0.2) is 15.4 Å². The van der Waals surface area contributed by atoms with Crippen LogP contribution in [0, 0.1) is 25.5 Å². The molecule has 0 aliphatic heterocycles. The van der Waals surface area contributed by atoms with Crippen molar-refractivity contribution < 1.29 is 8.78 Å². The van der Waals surface area contributed by atoms with Crippen molar-refractivity contribution in [1.29, 1.82) is 0 Å². The predicted molar refractivity (Wildman–Crippen MR) is 101 cm³/mol. The van der Waals surface area contributed by atoms with Crippen LogP contribution in [0.25, 0.3) is 31.9 Å². The summed E-state index contributed by atoms with van der Waals surface area (Å²) in [4.78, 5) is 3.34. The molecule has 1 aromatic carbocycles. The summed E-state index contributed by atoms with van der Waals surface area (Å²) in [5.74, 6) is -1.76. The summed E-state index contributed by atoms with van der Waals surface area (Å²) in [6.45, 7) is 7.84. The van der Waals surface area contributed by atoms with E-state index in [1.165, 1.54) is 22.7 Å². The predicted octanol–water partition coefficient (Wildman–Crippen LogP) is 6.34. The normalized spacial score (nSPS) is 10.8. The lowest BCUT2D eigenvalue weighted by atomic mass is 10.0. The van der Waals surface area contributed by atoms with E-state index in [2.05, 4.69) is 15.4 Å². The van der Waals surface area contributed by atoms with Crippen LogP contribution in [0.15, 0.2) is 24.3 Å². The highest BCUT2D eigenvalue weighted by Gasteiger charge is 2.26. The average molecular weight is 377 g/mol. The van der Waals surface area contributed by atoms with E-state index in [1.54, 1.807) is 12.1 Å². The Morgan fingerprint density at radius 2 is 1.16 bits per heavy atom. The van der Waals surface area contributed by atoms with Crippen LogP contribution in [-0.2, 0) is 0 Å². The highest BCUT2D eigenvalue weighted by atomic mass is 32.1. The van der Waals surface area contributed by atoms with Crippen LogP contribution in [0.2, 0.25) is 0 Å². The third-order valence-corrected chi connectivity index (χ3v) is 5.66. The van der Waals surface area contributed by atoms with Crippen molar-refractivity contribution in [1.82, 2.24) is 15.4 Å². The van der Waals surface area contributed by atoms with Gasteiger partial charge in [0.1, 0.15) is 11.0 Å². The standard InChI is InChI=1S/C16H11F2N3S2.C2H6/c1-7-3-5-9(22-7)11-13(17)14(18)12(10-6-4-8(2)23-10)16-15(11)19-21-20-16;1-2/h3-6H,1-2H3,(H,19,20,21);1-2H3. The highest BCUT2D eigenvalue weighted by Crippen LogP contribution is 2.42. The van der Waals surface area contributed by atoms with Crippen LogP contribution < -0.4 is 0 Å². The van der Waals surface area contributed by atoms with E-state index in [4.69, 9.17) is 0 Å². The summed E-state index contributed by atoms with van der Waals surface area (Å²) in [6.07, 6.45) is 0. The topological polar surface area (TPSA) is 41.6 Å². The SMILES string of the molecule is CC.Cc1ccc(-c2c(F)c(F)c(-c3ccc(C)s3)c3n[nH]nc23)s1. The third kappa shape index (κ3) is 2.98. The van der Waals surface area contributed by atoms with Crippen LogP contribution in [0.1, 0.15) is 23.6 Å². The second-order valence-corrected chi connectivity index (χ2v) is 7.80. The molecule has 0 aliphatic carbocycles. The molecule has 25 heavy (non-hydrogen) atoms. The molecule has 130 valence electrons. The number of H-pyrrole nitrogens is 1. The molecule has 0 radical (unpaired) electrons. The molecule has 4 aromatic rings. The van der Waals surface area contributed by atoms with Gasteiger partial charge in [0, 0.05) is 19.5 Å². The van der Waals surface area contributed by atoms with Crippen LogP contribution in [0.4, 0.5) is 8.78 Å². The summed E-state index contributed by atoms with van der Waals surface area (Å²) >= 11 is 2.80. The Kier molecular flexibility index (Phi) is 4.96. The van der Waals surface area contributed by atoms with E-state index in [9.17, 15) is 8.78 Å². The fourth-order valence-corrected chi connectivity index (χ4v) is 4.41. The number of aryl methyl sites for hydroxylation is 2.